The number of aromatic nitrogens is 1. The lowest BCUT2D eigenvalue weighted by atomic mass is 10.1. The summed E-state index contributed by atoms with van der Waals surface area (Å²) >= 11 is 1.52. The number of benzene rings is 1. The van der Waals surface area contributed by atoms with Gasteiger partial charge in [-0.2, -0.15) is 0 Å². The van der Waals surface area contributed by atoms with E-state index >= 15 is 0 Å². The van der Waals surface area contributed by atoms with Gasteiger partial charge in [0.1, 0.15) is 12.1 Å². The Balaban J connectivity index is 1.37. The molecule has 1 aliphatic heterocycles. The Hall–Kier alpha value is -3.00. The standard InChI is InChI=1S/C19H16FN3O3S/c20-14-4-1-2-5-15(14)23-10-12(8-17(23)24)18(25)21-9-13-11-26-19(22-13)16-6-3-7-27-16/h1-7,11-12H,8-10H2,(H,21,25). The average Bonchev–Trinajstić information content (AvgIpc) is 3.40. The van der Waals surface area contributed by atoms with Crippen LogP contribution in [0.25, 0.3) is 10.8 Å². The van der Waals surface area contributed by atoms with Crippen molar-refractivity contribution in [3.63, 3.8) is 0 Å². The van der Waals surface area contributed by atoms with Crippen LogP contribution in [-0.4, -0.2) is 23.3 Å². The number of nitrogens with one attached hydrogen (secondary N) is 1. The molecule has 138 valence electrons. The summed E-state index contributed by atoms with van der Waals surface area (Å²) in [6.45, 7) is 0.364. The van der Waals surface area contributed by atoms with E-state index in [0.717, 1.165) is 4.88 Å². The lowest BCUT2D eigenvalue weighted by molar-refractivity contribution is -0.126. The van der Waals surface area contributed by atoms with Crippen LogP contribution in [-0.2, 0) is 16.1 Å². The van der Waals surface area contributed by atoms with Crippen molar-refractivity contribution in [2.75, 3.05) is 11.4 Å². The molecule has 1 unspecified atom stereocenters. The third-order valence-electron chi connectivity index (χ3n) is 4.37. The molecule has 1 atom stereocenters. The highest BCUT2D eigenvalue weighted by Crippen LogP contribution is 2.27. The summed E-state index contributed by atoms with van der Waals surface area (Å²) in [6, 6.07) is 9.87. The molecule has 0 saturated carbocycles. The van der Waals surface area contributed by atoms with Gasteiger partial charge < -0.3 is 14.6 Å². The molecule has 0 aliphatic carbocycles. The summed E-state index contributed by atoms with van der Waals surface area (Å²) in [6.07, 6.45) is 1.56. The highest BCUT2D eigenvalue weighted by atomic mass is 32.1. The number of halogens is 1. The van der Waals surface area contributed by atoms with Gasteiger partial charge in [-0.05, 0) is 23.6 Å². The van der Waals surface area contributed by atoms with Gasteiger partial charge in [-0.15, -0.1) is 11.3 Å². The fourth-order valence-corrected chi connectivity index (χ4v) is 3.67. The van der Waals surface area contributed by atoms with Crippen molar-refractivity contribution in [3.8, 4) is 10.8 Å². The van der Waals surface area contributed by atoms with Gasteiger partial charge in [0, 0.05) is 13.0 Å². The third kappa shape index (κ3) is 3.61. The monoisotopic (exact) mass is 385 g/mol. The molecular weight excluding hydrogens is 369 g/mol. The minimum absolute atomic E-state index is 0.0550. The molecule has 1 fully saturated rings. The molecule has 27 heavy (non-hydrogen) atoms. The van der Waals surface area contributed by atoms with Crippen LogP contribution in [0.3, 0.4) is 0 Å². The van der Waals surface area contributed by atoms with Crippen molar-refractivity contribution in [2.24, 2.45) is 5.92 Å². The fourth-order valence-electron chi connectivity index (χ4n) is 3.01. The van der Waals surface area contributed by atoms with Crippen molar-refractivity contribution in [1.82, 2.24) is 10.3 Å². The Labute approximate surface area is 158 Å². The van der Waals surface area contributed by atoms with Gasteiger partial charge in [0.05, 0.1) is 28.7 Å². The fraction of sp³-hybridized carbons (Fsp3) is 0.211. The maximum Gasteiger partial charge on any atom is 0.236 e. The molecule has 1 aliphatic rings. The number of nitrogens with zero attached hydrogens (tertiary/aromatic N) is 2. The van der Waals surface area contributed by atoms with Crippen molar-refractivity contribution < 1.29 is 18.4 Å². The minimum atomic E-state index is -0.527. The highest BCUT2D eigenvalue weighted by Gasteiger charge is 2.36. The maximum atomic E-state index is 13.9. The van der Waals surface area contributed by atoms with E-state index in [-0.39, 0.29) is 37.0 Å². The Kier molecular flexibility index (Phi) is 4.72. The number of anilines is 1. The number of amides is 2. The van der Waals surface area contributed by atoms with Crippen LogP contribution in [0.5, 0.6) is 0 Å². The van der Waals surface area contributed by atoms with Crippen molar-refractivity contribution in [2.45, 2.75) is 13.0 Å². The molecule has 2 aromatic heterocycles. The van der Waals surface area contributed by atoms with Gasteiger partial charge in [-0.3, -0.25) is 9.59 Å². The number of carbonyl (C=O) groups is 2. The highest BCUT2D eigenvalue weighted by molar-refractivity contribution is 7.13. The Bertz CT molecular complexity index is 970. The molecule has 0 spiro atoms. The number of hydrogen-bond donors (Lipinski definition) is 1. The van der Waals surface area contributed by atoms with Crippen LogP contribution >= 0.6 is 11.3 Å². The molecule has 0 radical (unpaired) electrons. The molecule has 8 heteroatoms. The predicted molar refractivity (Wildman–Crippen MR) is 98.5 cm³/mol. The van der Waals surface area contributed by atoms with E-state index < -0.39 is 11.7 Å². The molecule has 1 N–H and O–H groups in total. The summed E-state index contributed by atoms with van der Waals surface area (Å²) in [7, 11) is 0. The van der Waals surface area contributed by atoms with Gasteiger partial charge >= 0.3 is 0 Å². The van der Waals surface area contributed by atoms with Crippen LogP contribution in [0.4, 0.5) is 10.1 Å². The average molecular weight is 385 g/mol. The van der Waals surface area contributed by atoms with E-state index in [1.54, 1.807) is 12.1 Å². The maximum absolute atomic E-state index is 13.9. The number of thiophene rings is 1. The summed E-state index contributed by atoms with van der Waals surface area (Å²) in [5.41, 5.74) is 0.803. The Morgan fingerprint density at radius 2 is 2.19 bits per heavy atom. The predicted octanol–water partition coefficient (Wildman–Crippen LogP) is 3.21. The van der Waals surface area contributed by atoms with E-state index in [1.807, 2.05) is 17.5 Å². The second-order valence-electron chi connectivity index (χ2n) is 6.20. The van der Waals surface area contributed by atoms with Crippen LogP contribution in [0.1, 0.15) is 12.1 Å². The first kappa shape index (κ1) is 17.4. The SMILES string of the molecule is O=C(NCc1coc(-c2cccs2)n1)C1CC(=O)N(c2ccccc2F)C1. The number of para-hydroxylation sites is 1. The van der Waals surface area contributed by atoms with Crippen molar-refractivity contribution in [1.29, 1.82) is 0 Å². The van der Waals surface area contributed by atoms with E-state index in [1.165, 1.54) is 34.6 Å². The second kappa shape index (κ2) is 7.32. The lowest BCUT2D eigenvalue weighted by Gasteiger charge is -2.17. The molecule has 3 aromatic rings. The van der Waals surface area contributed by atoms with Crippen molar-refractivity contribution >= 4 is 28.8 Å². The van der Waals surface area contributed by atoms with Crippen LogP contribution < -0.4 is 10.2 Å². The largest absolute Gasteiger partial charge is 0.443 e. The van der Waals surface area contributed by atoms with Gasteiger partial charge in [0.2, 0.25) is 17.7 Å². The number of rotatable bonds is 5. The van der Waals surface area contributed by atoms with E-state index in [9.17, 15) is 14.0 Å². The van der Waals surface area contributed by atoms with E-state index in [2.05, 4.69) is 10.3 Å². The zero-order chi connectivity index (χ0) is 18.8. The molecule has 6 nitrogen and oxygen atoms in total. The summed E-state index contributed by atoms with van der Waals surface area (Å²) in [5, 5.41) is 4.71. The van der Waals surface area contributed by atoms with E-state index in [4.69, 9.17) is 4.42 Å². The molecule has 1 aromatic carbocycles. The molecular formula is C19H16FN3O3S. The van der Waals surface area contributed by atoms with Gasteiger partial charge in [0.25, 0.3) is 0 Å². The molecule has 4 rings (SSSR count). The zero-order valence-electron chi connectivity index (χ0n) is 14.2. The first-order chi connectivity index (χ1) is 13.1. The lowest BCUT2D eigenvalue weighted by Crippen LogP contribution is -2.32. The molecule has 0 bridgehead atoms. The second-order valence-corrected chi connectivity index (χ2v) is 7.14. The molecule has 1 saturated heterocycles. The molecule has 3 heterocycles. The van der Waals surface area contributed by atoms with Crippen LogP contribution in [0.2, 0.25) is 0 Å². The molecule has 2 amide bonds. The number of oxazole rings is 1. The van der Waals surface area contributed by atoms with Crippen molar-refractivity contribution in [3.05, 3.63) is 59.6 Å². The van der Waals surface area contributed by atoms with Crippen LogP contribution in [0.15, 0.2) is 52.5 Å². The number of hydrogen-bond acceptors (Lipinski definition) is 5. The minimum Gasteiger partial charge on any atom is -0.443 e. The first-order valence-electron chi connectivity index (χ1n) is 8.42. The Morgan fingerprint density at radius 1 is 1.33 bits per heavy atom. The zero-order valence-corrected chi connectivity index (χ0v) is 15.0. The first-order valence-corrected chi connectivity index (χ1v) is 9.30. The smallest absolute Gasteiger partial charge is 0.236 e. The van der Waals surface area contributed by atoms with Crippen LogP contribution in [0, 0.1) is 11.7 Å². The quantitative estimate of drug-likeness (QED) is 0.732. The summed E-state index contributed by atoms with van der Waals surface area (Å²) in [4.78, 5) is 31.2. The number of carbonyl (C=O) groups excluding carboxylic acids is 2. The van der Waals surface area contributed by atoms with E-state index in [0.29, 0.717) is 11.6 Å². The normalized spacial score (nSPS) is 16.7. The summed E-state index contributed by atoms with van der Waals surface area (Å²) in [5.74, 6) is -1.02. The summed E-state index contributed by atoms with van der Waals surface area (Å²) < 4.78 is 19.3. The van der Waals surface area contributed by atoms with Gasteiger partial charge in [0.15, 0.2) is 0 Å². The third-order valence-corrected chi connectivity index (χ3v) is 5.22. The Morgan fingerprint density at radius 3 is 2.96 bits per heavy atom. The topological polar surface area (TPSA) is 75.4 Å². The van der Waals surface area contributed by atoms with Gasteiger partial charge in [-0.25, -0.2) is 9.37 Å². The van der Waals surface area contributed by atoms with Gasteiger partial charge in [-0.1, -0.05) is 18.2 Å².